The Bertz CT molecular complexity index is 347. The molecule has 0 aromatic rings. The van der Waals surface area contributed by atoms with Gasteiger partial charge in [0.1, 0.15) is 0 Å². The molecule has 1 atom stereocenters. The minimum absolute atomic E-state index is 0.0613. The number of hydrogen-bond donors (Lipinski definition) is 2. The summed E-state index contributed by atoms with van der Waals surface area (Å²) in [6.45, 7) is 2.47. The summed E-state index contributed by atoms with van der Waals surface area (Å²) in [5, 5.41) is 8.69. The predicted molar refractivity (Wildman–Crippen MR) is 63.8 cm³/mol. The number of carboxylic acid groups (broad SMARTS) is 1. The van der Waals surface area contributed by atoms with Gasteiger partial charge in [-0.3, -0.25) is 4.79 Å². The molecule has 0 aromatic heterocycles. The number of carbonyl (C=O) groups is 1. The maximum absolute atomic E-state index is 11.9. The first kappa shape index (κ1) is 14.4. The van der Waals surface area contributed by atoms with Crippen LogP contribution in [0.4, 0.5) is 0 Å². The Morgan fingerprint density at radius 2 is 1.82 bits per heavy atom. The van der Waals surface area contributed by atoms with Gasteiger partial charge in [0.25, 0.3) is 10.2 Å². The molecule has 0 radical (unpaired) electrons. The molecule has 0 spiro atoms. The van der Waals surface area contributed by atoms with Crippen molar-refractivity contribution in [2.45, 2.75) is 32.6 Å². The molecule has 17 heavy (non-hydrogen) atoms. The third-order valence-corrected chi connectivity index (χ3v) is 4.47. The van der Waals surface area contributed by atoms with E-state index in [9.17, 15) is 13.2 Å². The van der Waals surface area contributed by atoms with Crippen LogP contribution >= 0.6 is 0 Å². The van der Waals surface area contributed by atoms with Gasteiger partial charge < -0.3 is 5.11 Å². The second-order valence-electron chi connectivity index (χ2n) is 4.41. The van der Waals surface area contributed by atoms with Crippen LogP contribution in [0.15, 0.2) is 0 Å². The lowest BCUT2D eigenvalue weighted by atomic mass is 10.2. The normalized spacial score (nSPS) is 20.8. The molecule has 0 amide bonds. The Balaban J connectivity index is 2.52. The van der Waals surface area contributed by atoms with E-state index in [-0.39, 0.29) is 6.54 Å². The zero-order valence-electron chi connectivity index (χ0n) is 10.1. The highest BCUT2D eigenvalue weighted by Gasteiger charge is 2.24. The summed E-state index contributed by atoms with van der Waals surface area (Å²) in [6, 6.07) is 0. The molecule has 100 valence electrons. The predicted octanol–water partition coefficient (Wildman–Crippen LogP) is 0.418. The summed E-state index contributed by atoms with van der Waals surface area (Å²) < 4.78 is 27.5. The first-order valence-corrected chi connectivity index (χ1v) is 7.35. The lowest BCUT2D eigenvalue weighted by Crippen LogP contribution is -2.43. The van der Waals surface area contributed by atoms with Crippen LogP contribution in [0.25, 0.3) is 0 Å². The van der Waals surface area contributed by atoms with E-state index in [2.05, 4.69) is 4.72 Å². The topological polar surface area (TPSA) is 86.7 Å². The third kappa shape index (κ3) is 4.61. The van der Waals surface area contributed by atoms with Gasteiger partial charge in [-0.15, -0.1) is 0 Å². The van der Waals surface area contributed by atoms with Crippen LogP contribution in [-0.4, -0.2) is 43.4 Å². The number of rotatable bonds is 5. The van der Waals surface area contributed by atoms with Gasteiger partial charge in [-0.2, -0.15) is 12.7 Å². The van der Waals surface area contributed by atoms with E-state index in [4.69, 9.17) is 5.11 Å². The fourth-order valence-electron chi connectivity index (χ4n) is 1.69. The average molecular weight is 264 g/mol. The molecule has 1 aliphatic rings. The lowest BCUT2D eigenvalue weighted by Gasteiger charge is -2.20. The van der Waals surface area contributed by atoms with Crippen LogP contribution in [0.2, 0.25) is 0 Å². The SMILES string of the molecule is CC(CNS(=O)(=O)N1CCCCCC1)C(=O)O. The molecular weight excluding hydrogens is 244 g/mol. The standard InChI is InChI=1S/C10H20N2O4S/c1-9(10(13)14)8-11-17(15,16)12-6-4-2-3-5-7-12/h9,11H,2-8H2,1H3,(H,13,14). The number of hydrogen-bond acceptors (Lipinski definition) is 3. The molecular formula is C10H20N2O4S. The molecule has 0 aromatic carbocycles. The molecule has 6 nitrogen and oxygen atoms in total. The van der Waals surface area contributed by atoms with E-state index >= 15 is 0 Å². The van der Waals surface area contributed by atoms with E-state index in [0.29, 0.717) is 13.1 Å². The van der Waals surface area contributed by atoms with E-state index in [1.54, 1.807) is 0 Å². The van der Waals surface area contributed by atoms with E-state index in [1.165, 1.54) is 11.2 Å². The van der Waals surface area contributed by atoms with Crippen molar-refractivity contribution in [3.63, 3.8) is 0 Å². The Morgan fingerprint density at radius 3 is 2.29 bits per heavy atom. The van der Waals surface area contributed by atoms with Crippen molar-refractivity contribution < 1.29 is 18.3 Å². The van der Waals surface area contributed by atoms with Crippen molar-refractivity contribution in [2.24, 2.45) is 5.92 Å². The quantitative estimate of drug-likeness (QED) is 0.753. The summed E-state index contributed by atoms with van der Waals surface area (Å²) in [5.74, 6) is -1.71. The smallest absolute Gasteiger partial charge is 0.307 e. The lowest BCUT2D eigenvalue weighted by molar-refractivity contribution is -0.140. The van der Waals surface area contributed by atoms with Gasteiger partial charge in [-0.1, -0.05) is 19.8 Å². The number of nitrogens with zero attached hydrogens (tertiary/aromatic N) is 1. The first-order valence-electron chi connectivity index (χ1n) is 5.91. The van der Waals surface area contributed by atoms with Gasteiger partial charge in [0.2, 0.25) is 0 Å². The second kappa shape index (κ2) is 6.32. The first-order chi connectivity index (χ1) is 7.93. The molecule has 1 heterocycles. The van der Waals surface area contributed by atoms with Gasteiger partial charge in [0.05, 0.1) is 5.92 Å². The molecule has 1 unspecified atom stereocenters. The summed E-state index contributed by atoms with van der Waals surface area (Å²) in [4.78, 5) is 10.6. The van der Waals surface area contributed by atoms with Gasteiger partial charge in [0.15, 0.2) is 0 Å². The van der Waals surface area contributed by atoms with Crippen LogP contribution in [0.3, 0.4) is 0 Å². The fraction of sp³-hybridized carbons (Fsp3) is 0.900. The van der Waals surface area contributed by atoms with Crippen LogP contribution in [0.5, 0.6) is 0 Å². The Kier molecular flexibility index (Phi) is 5.35. The van der Waals surface area contributed by atoms with Crippen LogP contribution < -0.4 is 4.72 Å². The van der Waals surface area contributed by atoms with Gasteiger partial charge in [-0.25, -0.2) is 4.72 Å². The molecule has 7 heteroatoms. The van der Waals surface area contributed by atoms with Crippen LogP contribution in [-0.2, 0) is 15.0 Å². The number of carboxylic acids is 1. The number of nitrogens with one attached hydrogen (secondary N) is 1. The maximum atomic E-state index is 11.9. The highest BCUT2D eigenvalue weighted by molar-refractivity contribution is 7.87. The Hall–Kier alpha value is -0.660. The number of aliphatic carboxylic acids is 1. The van der Waals surface area contributed by atoms with Crippen molar-refractivity contribution in [1.29, 1.82) is 0 Å². The van der Waals surface area contributed by atoms with Crippen molar-refractivity contribution in [2.75, 3.05) is 19.6 Å². The van der Waals surface area contributed by atoms with Gasteiger partial charge >= 0.3 is 5.97 Å². The molecule has 0 bridgehead atoms. The van der Waals surface area contributed by atoms with Crippen LogP contribution in [0.1, 0.15) is 32.6 Å². The maximum Gasteiger partial charge on any atom is 0.307 e. The zero-order valence-corrected chi connectivity index (χ0v) is 10.9. The minimum atomic E-state index is -3.52. The molecule has 2 N–H and O–H groups in total. The molecule has 0 saturated carbocycles. The van der Waals surface area contributed by atoms with Crippen molar-refractivity contribution >= 4 is 16.2 Å². The summed E-state index contributed by atoms with van der Waals surface area (Å²) in [7, 11) is -3.52. The Morgan fingerprint density at radius 1 is 1.29 bits per heavy atom. The van der Waals surface area contributed by atoms with Crippen LogP contribution in [0, 0.1) is 5.92 Å². The molecule has 1 rings (SSSR count). The summed E-state index contributed by atoms with van der Waals surface area (Å²) in [5.41, 5.74) is 0. The second-order valence-corrected chi connectivity index (χ2v) is 6.16. The van der Waals surface area contributed by atoms with E-state index in [0.717, 1.165) is 25.7 Å². The van der Waals surface area contributed by atoms with Crippen molar-refractivity contribution in [1.82, 2.24) is 9.03 Å². The monoisotopic (exact) mass is 264 g/mol. The summed E-state index contributed by atoms with van der Waals surface area (Å²) >= 11 is 0. The zero-order chi connectivity index (χ0) is 12.9. The van der Waals surface area contributed by atoms with E-state index in [1.807, 2.05) is 0 Å². The van der Waals surface area contributed by atoms with Gasteiger partial charge in [-0.05, 0) is 12.8 Å². The largest absolute Gasteiger partial charge is 0.481 e. The molecule has 0 aliphatic carbocycles. The van der Waals surface area contributed by atoms with E-state index < -0.39 is 22.1 Å². The fourth-order valence-corrected chi connectivity index (χ4v) is 3.07. The molecule has 1 aliphatic heterocycles. The highest BCUT2D eigenvalue weighted by atomic mass is 32.2. The molecule has 1 saturated heterocycles. The molecule has 1 fully saturated rings. The van der Waals surface area contributed by atoms with Gasteiger partial charge in [0, 0.05) is 19.6 Å². The van der Waals surface area contributed by atoms with Crippen molar-refractivity contribution in [3.05, 3.63) is 0 Å². The Labute approximate surface area is 102 Å². The van der Waals surface area contributed by atoms with Crippen molar-refractivity contribution in [3.8, 4) is 0 Å². The minimum Gasteiger partial charge on any atom is -0.481 e. The summed E-state index contributed by atoms with van der Waals surface area (Å²) in [6.07, 6.45) is 3.85. The highest BCUT2D eigenvalue weighted by Crippen LogP contribution is 2.12. The third-order valence-electron chi connectivity index (χ3n) is 2.90. The average Bonchev–Trinajstić information content (AvgIpc) is 2.54.